The zero-order valence-electron chi connectivity index (χ0n) is 14.4. The van der Waals surface area contributed by atoms with Crippen molar-refractivity contribution in [1.82, 2.24) is 0 Å². The molecule has 2 N–H and O–H groups in total. The zero-order valence-corrected chi connectivity index (χ0v) is 14.4. The second-order valence-electron chi connectivity index (χ2n) is 4.78. The van der Waals surface area contributed by atoms with Crippen molar-refractivity contribution < 1.29 is 38.7 Å². The minimum atomic E-state index is -0.467. The predicted molar refractivity (Wildman–Crippen MR) is 89.2 cm³/mol. The van der Waals surface area contributed by atoms with Gasteiger partial charge in [0.25, 0.3) is 0 Å². The summed E-state index contributed by atoms with van der Waals surface area (Å²) < 4.78 is 26.3. The van der Waals surface area contributed by atoms with Gasteiger partial charge < -0.3 is 33.9 Å². The van der Waals surface area contributed by atoms with E-state index in [-0.39, 0.29) is 46.2 Å². The number of carbonyl (C=O) groups excluding carboxylic acids is 1. The Bertz CT molecular complexity index is 459. The van der Waals surface area contributed by atoms with Crippen molar-refractivity contribution in [2.24, 2.45) is 0 Å². The summed E-state index contributed by atoms with van der Waals surface area (Å²) in [5.41, 5.74) is 0.321. The molecule has 0 aliphatic heterocycles. The Morgan fingerprint density at radius 1 is 0.840 bits per heavy atom. The highest BCUT2D eigenvalue weighted by Crippen LogP contribution is 2.24. The first-order valence-electron chi connectivity index (χ1n) is 8.16. The molecule has 25 heavy (non-hydrogen) atoms. The van der Waals surface area contributed by atoms with Crippen LogP contribution in [0.3, 0.4) is 0 Å². The topological polar surface area (TPSA) is 104 Å². The number of ether oxygens (including phenoxy) is 5. The molecule has 0 saturated heterocycles. The van der Waals surface area contributed by atoms with E-state index >= 15 is 0 Å². The van der Waals surface area contributed by atoms with Crippen LogP contribution in [0.15, 0.2) is 18.2 Å². The molecule has 0 spiro atoms. The van der Waals surface area contributed by atoms with Gasteiger partial charge in [-0.1, -0.05) is 0 Å². The minimum Gasteiger partial charge on any atom is -0.491 e. The molecule has 8 nitrogen and oxygen atoms in total. The van der Waals surface area contributed by atoms with Crippen molar-refractivity contribution in [3.63, 3.8) is 0 Å². The molecule has 0 bridgehead atoms. The predicted octanol–water partition coefficient (Wildman–Crippen LogP) is 0.639. The third kappa shape index (κ3) is 9.25. The first-order chi connectivity index (χ1) is 12.2. The standard InChI is InChI=1S/C17H26O8/c1-2-23-17(20)14-11-15(24-9-7-21-5-3-18)13-16(12-14)25-10-8-22-6-4-19/h11-13,18-19H,2-10H2,1H3. The molecule has 0 fully saturated rings. The molecule has 0 aromatic heterocycles. The van der Waals surface area contributed by atoms with Gasteiger partial charge >= 0.3 is 5.97 Å². The lowest BCUT2D eigenvalue weighted by Gasteiger charge is -2.12. The summed E-state index contributed by atoms with van der Waals surface area (Å²) in [4.78, 5) is 11.9. The average molecular weight is 358 g/mol. The maximum Gasteiger partial charge on any atom is 0.338 e. The summed E-state index contributed by atoms with van der Waals surface area (Å²) in [6.07, 6.45) is 0. The summed E-state index contributed by atoms with van der Waals surface area (Å²) >= 11 is 0. The molecular formula is C17H26O8. The Morgan fingerprint density at radius 3 is 1.80 bits per heavy atom. The average Bonchev–Trinajstić information content (AvgIpc) is 2.61. The second kappa shape index (κ2) is 13.4. The van der Waals surface area contributed by atoms with Crippen molar-refractivity contribution in [1.29, 1.82) is 0 Å². The number of benzene rings is 1. The number of hydrogen-bond donors (Lipinski definition) is 2. The fourth-order valence-corrected chi connectivity index (χ4v) is 1.84. The molecular weight excluding hydrogens is 332 g/mol. The molecule has 0 aliphatic rings. The fraction of sp³-hybridized carbons (Fsp3) is 0.588. The molecule has 0 heterocycles. The highest BCUT2D eigenvalue weighted by molar-refractivity contribution is 5.90. The number of aliphatic hydroxyl groups is 2. The number of rotatable bonds is 14. The van der Waals surface area contributed by atoms with Crippen LogP contribution in [0, 0.1) is 0 Å². The van der Waals surface area contributed by atoms with Crippen LogP contribution in [0.2, 0.25) is 0 Å². The lowest BCUT2D eigenvalue weighted by Crippen LogP contribution is -2.12. The number of aliphatic hydroxyl groups excluding tert-OH is 2. The Balaban J connectivity index is 2.65. The van der Waals surface area contributed by atoms with E-state index in [9.17, 15) is 4.79 Å². The summed E-state index contributed by atoms with van der Waals surface area (Å²) in [6.45, 7) is 3.56. The van der Waals surface area contributed by atoms with E-state index in [0.29, 0.717) is 30.3 Å². The third-order valence-electron chi connectivity index (χ3n) is 2.86. The molecule has 1 aromatic rings. The molecule has 0 unspecified atom stereocenters. The lowest BCUT2D eigenvalue weighted by atomic mass is 10.2. The fourth-order valence-electron chi connectivity index (χ4n) is 1.84. The normalized spacial score (nSPS) is 10.5. The number of esters is 1. The highest BCUT2D eigenvalue weighted by Gasteiger charge is 2.11. The van der Waals surface area contributed by atoms with E-state index in [2.05, 4.69) is 0 Å². The van der Waals surface area contributed by atoms with Crippen LogP contribution in [-0.2, 0) is 14.2 Å². The van der Waals surface area contributed by atoms with Gasteiger partial charge in [-0.3, -0.25) is 0 Å². The van der Waals surface area contributed by atoms with Crippen molar-refractivity contribution in [3.8, 4) is 11.5 Å². The first kappa shape index (κ1) is 21.2. The molecule has 0 radical (unpaired) electrons. The Kier molecular flexibility index (Phi) is 11.4. The summed E-state index contributed by atoms with van der Waals surface area (Å²) in [5, 5.41) is 17.3. The molecule has 1 rings (SSSR count). The quantitative estimate of drug-likeness (QED) is 0.369. The van der Waals surface area contributed by atoms with Gasteiger partial charge in [-0.15, -0.1) is 0 Å². The van der Waals surface area contributed by atoms with E-state index in [4.69, 9.17) is 33.9 Å². The van der Waals surface area contributed by atoms with Gasteiger partial charge in [-0.2, -0.15) is 0 Å². The molecule has 142 valence electrons. The third-order valence-corrected chi connectivity index (χ3v) is 2.86. The summed E-state index contributed by atoms with van der Waals surface area (Å²) in [7, 11) is 0. The maximum atomic E-state index is 11.9. The second-order valence-corrected chi connectivity index (χ2v) is 4.78. The summed E-state index contributed by atoms with van der Waals surface area (Å²) in [6, 6.07) is 4.79. The Hall–Kier alpha value is -1.87. The highest BCUT2D eigenvalue weighted by atomic mass is 16.5. The number of carbonyl (C=O) groups is 1. The van der Waals surface area contributed by atoms with Gasteiger partial charge in [0.05, 0.1) is 51.8 Å². The molecule has 8 heteroatoms. The van der Waals surface area contributed by atoms with Crippen LogP contribution in [0.25, 0.3) is 0 Å². The SMILES string of the molecule is CCOC(=O)c1cc(OCCOCCO)cc(OCCOCCO)c1. The molecule has 0 aliphatic carbocycles. The lowest BCUT2D eigenvalue weighted by molar-refractivity contribution is 0.0523. The first-order valence-corrected chi connectivity index (χ1v) is 8.16. The van der Waals surface area contributed by atoms with Gasteiger partial charge in [0.2, 0.25) is 0 Å². The van der Waals surface area contributed by atoms with E-state index < -0.39 is 5.97 Å². The van der Waals surface area contributed by atoms with Crippen LogP contribution in [0.1, 0.15) is 17.3 Å². The van der Waals surface area contributed by atoms with E-state index in [1.54, 1.807) is 25.1 Å². The van der Waals surface area contributed by atoms with Crippen LogP contribution >= 0.6 is 0 Å². The van der Waals surface area contributed by atoms with Crippen molar-refractivity contribution in [2.45, 2.75) is 6.92 Å². The van der Waals surface area contributed by atoms with Crippen LogP contribution in [0.4, 0.5) is 0 Å². The number of hydrogen-bond acceptors (Lipinski definition) is 8. The molecule has 0 amide bonds. The van der Waals surface area contributed by atoms with Gasteiger partial charge in [0, 0.05) is 6.07 Å². The van der Waals surface area contributed by atoms with Gasteiger partial charge in [-0.05, 0) is 19.1 Å². The van der Waals surface area contributed by atoms with Gasteiger partial charge in [0.1, 0.15) is 24.7 Å². The van der Waals surface area contributed by atoms with Gasteiger partial charge in [-0.25, -0.2) is 4.79 Å². The van der Waals surface area contributed by atoms with Crippen LogP contribution < -0.4 is 9.47 Å². The van der Waals surface area contributed by atoms with E-state index in [0.717, 1.165) is 0 Å². The van der Waals surface area contributed by atoms with Crippen LogP contribution in [0.5, 0.6) is 11.5 Å². The largest absolute Gasteiger partial charge is 0.491 e. The molecule has 0 atom stereocenters. The van der Waals surface area contributed by atoms with E-state index in [1.807, 2.05) is 0 Å². The van der Waals surface area contributed by atoms with Crippen LogP contribution in [-0.4, -0.2) is 75.6 Å². The Labute approximate surface area is 147 Å². The zero-order chi connectivity index (χ0) is 18.3. The molecule has 1 aromatic carbocycles. The van der Waals surface area contributed by atoms with E-state index in [1.165, 1.54) is 0 Å². The monoisotopic (exact) mass is 358 g/mol. The van der Waals surface area contributed by atoms with Crippen molar-refractivity contribution in [2.75, 3.05) is 59.5 Å². The van der Waals surface area contributed by atoms with Crippen molar-refractivity contribution >= 4 is 5.97 Å². The molecule has 0 saturated carbocycles. The maximum absolute atomic E-state index is 11.9. The Morgan fingerprint density at radius 2 is 1.36 bits per heavy atom. The smallest absolute Gasteiger partial charge is 0.338 e. The van der Waals surface area contributed by atoms with Crippen molar-refractivity contribution in [3.05, 3.63) is 23.8 Å². The minimum absolute atomic E-state index is 0.0469. The van der Waals surface area contributed by atoms with Gasteiger partial charge in [0.15, 0.2) is 0 Å². The summed E-state index contributed by atoms with van der Waals surface area (Å²) in [5.74, 6) is 0.430.